The van der Waals surface area contributed by atoms with Crippen LogP contribution in [0, 0.1) is 10.1 Å². The molecule has 0 aliphatic carbocycles. The van der Waals surface area contributed by atoms with Crippen LogP contribution in [0.2, 0.25) is 0 Å². The number of rotatable bonds is 6. The van der Waals surface area contributed by atoms with E-state index in [9.17, 15) is 19.7 Å². The average Bonchev–Trinajstić information content (AvgIpc) is 3.03. The summed E-state index contributed by atoms with van der Waals surface area (Å²) in [5.74, 6) is -1.06. The molecule has 2 aromatic carbocycles. The number of carbonyl (C=O) groups is 2. The second-order valence-corrected chi connectivity index (χ2v) is 5.85. The van der Waals surface area contributed by atoms with Gasteiger partial charge in [0.05, 0.1) is 29.8 Å². The fraction of sp³-hybridized carbons (Fsp3) is 0.158. The molecular formula is C19H17N3O5. The molecule has 0 bridgehead atoms. The van der Waals surface area contributed by atoms with Crippen molar-refractivity contribution in [2.75, 3.05) is 18.6 Å². The molecule has 0 spiro atoms. The number of esters is 1. The van der Waals surface area contributed by atoms with E-state index in [1.54, 1.807) is 6.07 Å². The summed E-state index contributed by atoms with van der Waals surface area (Å²) in [6.45, 7) is 0.328. The van der Waals surface area contributed by atoms with Crippen molar-refractivity contribution in [3.63, 3.8) is 0 Å². The van der Waals surface area contributed by atoms with Gasteiger partial charge in [-0.05, 0) is 11.6 Å². The van der Waals surface area contributed by atoms with Crippen LogP contribution in [0.1, 0.15) is 5.56 Å². The number of hydrogen-bond donors (Lipinski definition) is 1. The Bertz CT molecular complexity index is 924. The molecule has 1 heterocycles. The van der Waals surface area contributed by atoms with Crippen LogP contribution in [-0.4, -0.2) is 30.5 Å². The Labute approximate surface area is 155 Å². The number of benzene rings is 2. The van der Waals surface area contributed by atoms with Gasteiger partial charge in [0.15, 0.2) is 0 Å². The molecule has 1 N–H and O–H groups in total. The number of nitro groups is 1. The van der Waals surface area contributed by atoms with Crippen molar-refractivity contribution in [1.82, 2.24) is 5.32 Å². The van der Waals surface area contributed by atoms with E-state index in [4.69, 9.17) is 4.74 Å². The molecule has 8 nitrogen and oxygen atoms in total. The van der Waals surface area contributed by atoms with Crippen LogP contribution < -0.4 is 10.2 Å². The van der Waals surface area contributed by atoms with Gasteiger partial charge >= 0.3 is 5.97 Å². The lowest BCUT2D eigenvalue weighted by Gasteiger charge is -2.16. The molecule has 1 aliphatic heterocycles. The van der Waals surface area contributed by atoms with Crippen molar-refractivity contribution in [3.05, 3.63) is 81.5 Å². The van der Waals surface area contributed by atoms with Crippen LogP contribution in [0.4, 0.5) is 11.4 Å². The Kier molecular flexibility index (Phi) is 5.16. The number of ether oxygens (including phenoxy) is 1. The van der Waals surface area contributed by atoms with Gasteiger partial charge in [-0.15, -0.1) is 0 Å². The van der Waals surface area contributed by atoms with Crippen LogP contribution >= 0.6 is 0 Å². The first kappa shape index (κ1) is 18.1. The summed E-state index contributed by atoms with van der Waals surface area (Å²) in [5, 5.41) is 14.0. The lowest BCUT2D eigenvalue weighted by molar-refractivity contribution is -0.384. The molecule has 0 saturated heterocycles. The molecule has 1 amide bonds. The molecule has 0 radical (unpaired) electrons. The average molecular weight is 367 g/mol. The number of amides is 1. The van der Waals surface area contributed by atoms with Crippen LogP contribution in [-0.2, 0) is 20.9 Å². The van der Waals surface area contributed by atoms with E-state index >= 15 is 0 Å². The quantitative estimate of drug-likeness (QED) is 0.477. The van der Waals surface area contributed by atoms with Crippen molar-refractivity contribution >= 4 is 23.3 Å². The first-order chi connectivity index (χ1) is 13.0. The van der Waals surface area contributed by atoms with Crippen LogP contribution in [0.15, 0.2) is 65.9 Å². The summed E-state index contributed by atoms with van der Waals surface area (Å²) in [7, 11) is 1.24. The third-order valence-electron chi connectivity index (χ3n) is 4.17. The number of carbonyl (C=O) groups excluding carboxylic acids is 2. The number of nitro benzene ring substituents is 1. The van der Waals surface area contributed by atoms with Gasteiger partial charge in [-0.1, -0.05) is 36.4 Å². The van der Waals surface area contributed by atoms with E-state index in [0.29, 0.717) is 12.2 Å². The second kappa shape index (κ2) is 7.69. The van der Waals surface area contributed by atoms with Crippen molar-refractivity contribution in [3.8, 4) is 0 Å². The predicted octanol–water partition coefficient (Wildman–Crippen LogP) is 2.16. The van der Waals surface area contributed by atoms with Gasteiger partial charge in [0, 0.05) is 18.7 Å². The molecule has 0 atom stereocenters. The van der Waals surface area contributed by atoms with E-state index in [1.165, 1.54) is 30.2 Å². The third-order valence-corrected chi connectivity index (χ3v) is 4.17. The van der Waals surface area contributed by atoms with Crippen molar-refractivity contribution < 1.29 is 19.2 Å². The summed E-state index contributed by atoms with van der Waals surface area (Å²) in [5.41, 5.74) is 1.47. The minimum Gasteiger partial charge on any atom is -0.466 e. The molecule has 2 aromatic rings. The maximum atomic E-state index is 12.9. The van der Waals surface area contributed by atoms with Crippen LogP contribution in [0.5, 0.6) is 0 Å². The van der Waals surface area contributed by atoms with E-state index in [2.05, 4.69) is 5.32 Å². The minimum atomic E-state index is -0.619. The normalized spacial score (nSPS) is 13.7. The van der Waals surface area contributed by atoms with Crippen LogP contribution in [0.25, 0.3) is 0 Å². The highest BCUT2D eigenvalue weighted by atomic mass is 16.6. The van der Waals surface area contributed by atoms with E-state index in [-0.39, 0.29) is 23.5 Å². The van der Waals surface area contributed by atoms with Gasteiger partial charge < -0.3 is 15.0 Å². The van der Waals surface area contributed by atoms with Crippen molar-refractivity contribution in [1.29, 1.82) is 0 Å². The molecule has 8 heteroatoms. The molecule has 3 rings (SSSR count). The lowest BCUT2D eigenvalue weighted by atomic mass is 10.2. The molecule has 138 valence electrons. The number of hydrogen-bond acceptors (Lipinski definition) is 6. The number of methoxy groups -OCH3 is 1. The lowest BCUT2D eigenvalue weighted by Crippen LogP contribution is -2.30. The summed E-state index contributed by atoms with van der Waals surface area (Å²) in [6, 6.07) is 15.1. The zero-order chi connectivity index (χ0) is 19.4. The highest BCUT2D eigenvalue weighted by Crippen LogP contribution is 2.28. The summed E-state index contributed by atoms with van der Waals surface area (Å²) < 4.78 is 4.79. The molecule has 1 aliphatic rings. The zero-order valence-electron chi connectivity index (χ0n) is 14.5. The van der Waals surface area contributed by atoms with Gasteiger partial charge in [0.2, 0.25) is 0 Å². The molecule has 0 aromatic heterocycles. The standard InChI is InChI=1S/C19H17N3O5/c1-27-19(24)16-12-21(14-8-5-9-15(10-14)22(25)26)18(23)17(16)20-11-13-6-3-2-4-7-13/h2-10,20H,11-12H2,1H3. The minimum absolute atomic E-state index is 0.0240. The smallest absolute Gasteiger partial charge is 0.337 e. The fourth-order valence-corrected chi connectivity index (χ4v) is 2.81. The van der Waals surface area contributed by atoms with Gasteiger partial charge in [-0.3, -0.25) is 14.9 Å². The van der Waals surface area contributed by atoms with Crippen LogP contribution in [0.3, 0.4) is 0 Å². The molecular weight excluding hydrogens is 350 g/mol. The molecule has 0 fully saturated rings. The number of non-ortho nitro benzene ring substituents is 1. The van der Waals surface area contributed by atoms with Gasteiger partial charge in [-0.25, -0.2) is 4.79 Å². The number of anilines is 1. The SMILES string of the molecule is COC(=O)C1=C(NCc2ccccc2)C(=O)N(c2cccc([N+](=O)[O-])c2)C1. The Morgan fingerprint density at radius 1 is 1.22 bits per heavy atom. The fourth-order valence-electron chi connectivity index (χ4n) is 2.81. The topological polar surface area (TPSA) is 102 Å². The van der Waals surface area contributed by atoms with Gasteiger partial charge in [-0.2, -0.15) is 0 Å². The van der Waals surface area contributed by atoms with Crippen molar-refractivity contribution in [2.45, 2.75) is 6.54 Å². The highest BCUT2D eigenvalue weighted by Gasteiger charge is 2.35. The van der Waals surface area contributed by atoms with E-state index in [0.717, 1.165) is 5.56 Å². The molecule has 0 saturated carbocycles. The predicted molar refractivity (Wildman–Crippen MR) is 97.8 cm³/mol. The Morgan fingerprint density at radius 2 is 1.96 bits per heavy atom. The first-order valence-corrected chi connectivity index (χ1v) is 8.17. The number of nitrogens with zero attached hydrogens (tertiary/aromatic N) is 2. The van der Waals surface area contributed by atoms with Crippen molar-refractivity contribution in [2.24, 2.45) is 0 Å². The molecule has 0 unspecified atom stereocenters. The maximum Gasteiger partial charge on any atom is 0.337 e. The monoisotopic (exact) mass is 367 g/mol. The zero-order valence-corrected chi connectivity index (χ0v) is 14.5. The Morgan fingerprint density at radius 3 is 2.63 bits per heavy atom. The number of nitrogens with one attached hydrogen (secondary N) is 1. The van der Waals surface area contributed by atoms with Gasteiger partial charge in [0.25, 0.3) is 11.6 Å². The van der Waals surface area contributed by atoms with Gasteiger partial charge in [0.1, 0.15) is 5.70 Å². The summed E-state index contributed by atoms with van der Waals surface area (Å²) in [6.07, 6.45) is 0. The van der Waals surface area contributed by atoms with E-state index < -0.39 is 16.8 Å². The highest BCUT2D eigenvalue weighted by molar-refractivity contribution is 6.15. The first-order valence-electron chi connectivity index (χ1n) is 8.17. The molecule has 27 heavy (non-hydrogen) atoms. The Balaban J connectivity index is 1.87. The summed E-state index contributed by atoms with van der Waals surface area (Å²) in [4.78, 5) is 36.8. The largest absolute Gasteiger partial charge is 0.466 e. The Hall–Kier alpha value is -3.68. The van der Waals surface area contributed by atoms with E-state index in [1.807, 2.05) is 30.3 Å². The third kappa shape index (κ3) is 3.79. The maximum absolute atomic E-state index is 12.9. The summed E-state index contributed by atoms with van der Waals surface area (Å²) >= 11 is 0. The second-order valence-electron chi connectivity index (χ2n) is 5.85.